The number of nitrogens with one attached hydrogen (secondary N) is 1. The Hall–Kier alpha value is -0.320. The fourth-order valence-corrected chi connectivity index (χ4v) is 0.801. The summed E-state index contributed by atoms with van der Waals surface area (Å²) in [5.74, 6) is 0.406. The number of nitrogens with zero attached hydrogens (tertiary/aromatic N) is 1. The summed E-state index contributed by atoms with van der Waals surface area (Å²) in [4.78, 5) is 0. The van der Waals surface area contributed by atoms with Crippen molar-refractivity contribution in [2.75, 3.05) is 25.5 Å². The minimum absolute atomic E-state index is 0.357. The number of hydrogen-bond acceptors (Lipinski definition) is 6. The third-order valence-corrected chi connectivity index (χ3v) is 1.80. The lowest BCUT2D eigenvalue weighted by Crippen LogP contribution is -2.51. The average molecular weight is 192 g/mol. The highest BCUT2D eigenvalue weighted by atomic mass is 32.2. The first-order valence-electron chi connectivity index (χ1n) is 3.39. The van der Waals surface area contributed by atoms with Crippen molar-refractivity contribution in [1.82, 2.24) is 5.32 Å². The molecular weight excluding hydrogens is 180 g/mol. The maximum Gasteiger partial charge on any atom is 0.153 e. The molecule has 5 nitrogen and oxygen atoms in total. The van der Waals surface area contributed by atoms with Gasteiger partial charge in [-0.05, 0) is 12.0 Å². The molecule has 0 radical (unpaired) electrons. The van der Waals surface area contributed by atoms with E-state index in [0.717, 1.165) is 0 Å². The van der Waals surface area contributed by atoms with Crippen LogP contribution in [0, 0.1) is 11.3 Å². The van der Waals surface area contributed by atoms with Gasteiger partial charge >= 0.3 is 0 Å². The lowest BCUT2D eigenvalue weighted by atomic mass is 10.1. The molecular formula is C6H12N2O3S. The van der Waals surface area contributed by atoms with Crippen LogP contribution in [0.4, 0.5) is 0 Å². The summed E-state index contributed by atoms with van der Waals surface area (Å²) < 4.78 is 8.35. The molecule has 12 heavy (non-hydrogen) atoms. The number of hydrogen-bond donors (Lipinski definition) is 4. The summed E-state index contributed by atoms with van der Waals surface area (Å²) >= 11 is 0.639. The second-order valence-corrected chi connectivity index (χ2v) is 2.94. The minimum Gasteiger partial charge on any atom is -0.393 e. The van der Waals surface area contributed by atoms with E-state index < -0.39 is 18.8 Å². The lowest BCUT2D eigenvalue weighted by Gasteiger charge is -2.22. The van der Waals surface area contributed by atoms with Crippen LogP contribution in [-0.4, -0.2) is 45.8 Å². The Morgan fingerprint density at radius 1 is 1.42 bits per heavy atom. The predicted molar refractivity (Wildman–Crippen MR) is 45.6 cm³/mol. The van der Waals surface area contributed by atoms with E-state index in [2.05, 4.69) is 5.32 Å². The molecule has 0 atom stereocenters. The number of nitriles is 1. The Bertz CT molecular complexity index is 155. The fourth-order valence-electron chi connectivity index (χ4n) is 0.608. The topological polar surface area (TPSA) is 96.5 Å². The molecule has 0 aromatic heterocycles. The van der Waals surface area contributed by atoms with E-state index in [9.17, 15) is 0 Å². The Morgan fingerprint density at radius 2 is 2.00 bits per heavy atom. The summed E-state index contributed by atoms with van der Waals surface area (Å²) in [5, 5.41) is 28.7. The summed E-state index contributed by atoms with van der Waals surface area (Å²) in [6, 6.07) is 1.77. The highest BCUT2D eigenvalue weighted by molar-refractivity contribution is 7.93. The van der Waals surface area contributed by atoms with Gasteiger partial charge in [-0.2, -0.15) is 5.26 Å². The van der Waals surface area contributed by atoms with Gasteiger partial charge < -0.3 is 14.8 Å². The summed E-state index contributed by atoms with van der Waals surface area (Å²) in [7, 11) is 0. The van der Waals surface area contributed by atoms with Crippen molar-refractivity contribution < 1.29 is 14.8 Å². The molecule has 0 heterocycles. The van der Waals surface area contributed by atoms with E-state index >= 15 is 0 Å². The molecule has 0 amide bonds. The van der Waals surface area contributed by atoms with E-state index in [-0.39, 0.29) is 0 Å². The highest BCUT2D eigenvalue weighted by Crippen LogP contribution is 2.00. The van der Waals surface area contributed by atoms with Crippen LogP contribution in [0.1, 0.15) is 0 Å². The molecule has 0 spiro atoms. The van der Waals surface area contributed by atoms with Gasteiger partial charge in [0.1, 0.15) is 0 Å². The van der Waals surface area contributed by atoms with Crippen molar-refractivity contribution in [2.24, 2.45) is 0 Å². The first-order valence-corrected chi connectivity index (χ1v) is 4.33. The standard InChI is InChI=1S/C6H12N2O3S/c7-3-6(4-9,5-10)8-1-2-12-11/h8-11H,1-2,4-5H2. The van der Waals surface area contributed by atoms with Gasteiger partial charge in [-0.25, -0.2) is 0 Å². The summed E-state index contributed by atoms with van der Waals surface area (Å²) in [5.41, 5.74) is -1.28. The van der Waals surface area contributed by atoms with Gasteiger partial charge in [-0.1, -0.05) is 0 Å². The number of rotatable bonds is 6. The SMILES string of the molecule is N#CC(CO)(CO)NCCSO. The molecule has 0 rings (SSSR count). The largest absolute Gasteiger partial charge is 0.393 e. The monoisotopic (exact) mass is 192 g/mol. The number of aliphatic hydroxyl groups is 2. The van der Waals surface area contributed by atoms with E-state index in [1.807, 2.05) is 0 Å². The molecule has 0 aliphatic carbocycles. The highest BCUT2D eigenvalue weighted by Gasteiger charge is 2.27. The first kappa shape index (κ1) is 11.7. The molecule has 0 unspecified atom stereocenters. The van der Waals surface area contributed by atoms with Crippen molar-refractivity contribution in [1.29, 1.82) is 5.26 Å². The van der Waals surface area contributed by atoms with Crippen molar-refractivity contribution in [3.05, 3.63) is 0 Å². The second kappa shape index (κ2) is 6.22. The molecule has 0 bridgehead atoms. The van der Waals surface area contributed by atoms with Crippen molar-refractivity contribution in [2.45, 2.75) is 5.54 Å². The van der Waals surface area contributed by atoms with Crippen LogP contribution < -0.4 is 5.32 Å². The van der Waals surface area contributed by atoms with E-state index in [4.69, 9.17) is 20.0 Å². The predicted octanol–water partition coefficient (Wildman–Crippen LogP) is -0.971. The molecule has 0 aliphatic heterocycles. The zero-order chi connectivity index (χ0) is 9.45. The molecule has 6 heteroatoms. The minimum atomic E-state index is -1.28. The van der Waals surface area contributed by atoms with Gasteiger partial charge in [-0.3, -0.25) is 5.32 Å². The average Bonchev–Trinajstić information content (AvgIpc) is 2.14. The van der Waals surface area contributed by atoms with E-state index in [1.54, 1.807) is 6.07 Å². The van der Waals surface area contributed by atoms with Crippen LogP contribution in [0.5, 0.6) is 0 Å². The van der Waals surface area contributed by atoms with Crippen molar-refractivity contribution >= 4 is 12.0 Å². The van der Waals surface area contributed by atoms with Crippen molar-refractivity contribution in [3.8, 4) is 6.07 Å². The van der Waals surface area contributed by atoms with Crippen LogP contribution >= 0.6 is 12.0 Å². The molecule has 0 aliphatic rings. The molecule has 0 saturated carbocycles. The van der Waals surface area contributed by atoms with Gasteiger partial charge in [0.05, 0.1) is 19.3 Å². The Balaban J connectivity index is 3.87. The van der Waals surface area contributed by atoms with Crippen LogP contribution in [0.3, 0.4) is 0 Å². The van der Waals surface area contributed by atoms with Gasteiger partial charge in [-0.15, -0.1) is 0 Å². The van der Waals surface area contributed by atoms with Crippen molar-refractivity contribution in [3.63, 3.8) is 0 Å². The molecule has 0 saturated heterocycles. The molecule has 4 N–H and O–H groups in total. The van der Waals surface area contributed by atoms with Gasteiger partial charge in [0.25, 0.3) is 0 Å². The van der Waals surface area contributed by atoms with Crippen LogP contribution in [0.2, 0.25) is 0 Å². The zero-order valence-corrected chi connectivity index (χ0v) is 7.34. The Labute approximate surface area is 75.2 Å². The molecule has 0 fully saturated rings. The fraction of sp³-hybridized carbons (Fsp3) is 0.833. The summed E-state index contributed by atoms with van der Waals surface area (Å²) in [6.45, 7) is -0.540. The smallest absolute Gasteiger partial charge is 0.153 e. The third kappa shape index (κ3) is 3.38. The quantitative estimate of drug-likeness (QED) is 0.319. The van der Waals surface area contributed by atoms with Crippen LogP contribution in [0.15, 0.2) is 0 Å². The summed E-state index contributed by atoms with van der Waals surface area (Å²) in [6.07, 6.45) is 0. The van der Waals surface area contributed by atoms with Gasteiger partial charge in [0.2, 0.25) is 0 Å². The number of aliphatic hydroxyl groups excluding tert-OH is 2. The first-order chi connectivity index (χ1) is 5.74. The molecule has 0 aromatic carbocycles. The van der Waals surface area contributed by atoms with Crippen LogP contribution in [0.25, 0.3) is 0 Å². The molecule has 0 aromatic rings. The van der Waals surface area contributed by atoms with Crippen LogP contribution in [-0.2, 0) is 0 Å². The Kier molecular flexibility index (Phi) is 6.06. The molecule has 70 valence electrons. The normalized spacial score (nSPS) is 11.2. The lowest BCUT2D eigenvalue weighted by molar-refractivity contribution is 0.131. The van der Waals surface area contributed by atoms with E-state index in [0.29, 0.717) is 24.3 Å². The van der Waals surface area contributed by atoms with E-state index in [1.165, 1.54) is 0 Å². The maximum absolute atomic E-state index is 8.76. The second-order valence-electron chi connectivity index (χ2n) is 2.27. The maximum atomic E-state index is 8.76. The zero-order valence-electron chi connectivity index (χ0n) is 6.53. The Morgan fingerprint density at radius 3 is 2.33 bits per heavy atom. The van der Waals surface area contributed by atoms with Gasteiger partial charge in [0.15, 0.2) is 5.54 Å². The third-order valence-electron chi connectivity index (χ3n) is 1.41. The van der Waals surface area contributed by atoms with Gasteiger partial charge in [0, 0.05) is 12.3 Å².